The largest absolute Gasteiger partial charge is 0.368 e. The van der Waals surface area contributed by atoms with E-state index in [1.165, 1.54) is 31.5 Å². The van der Waals surface area contributed by atoms with Crippen LogP contribution in [0.2, 0.25) is 0 Å². The van der Waals surface area contributed by atoms with E-state index in [4.69, 9.17) is 11.5 Å². The molecule has 3 aromatic rings. The number of anilines is 2. The molecular weight excluding hydrogens is 366 g/mol. The lowest BCUT2D eigenvalue weighted by Crippen LogP contribution is -2.30. The van der Waals surface area contributed by atoms with Crippen LogP contribution in [-0.4, -0.2) is 48.9 Å². The predicted octanol–water partition coefficient (Wildman–Crippen LogP) is 1.94. The molecule has 4 rings (SSSR count). The highest BCUT2D eigenvalue weighted by Crippen LogP contribution is 2.22. The first-order valence-electron chi connectivity index (χ1n) is 10.3. The fourth-order valence-electron chi connectivity index (χ4n) is 3.79. The number of nitrogens with one attached hydrogen (secondary N) is 1. The Hall–Kier alpha value is -2.78. The van der Waals surface area contributed by atoms with Gasteiger partial charge in [-0.15, -0.1) is 0 Å². The van der Waals surface area contributed by atoms with Crippen molar-refractivity contribution in [2.45, 2.75) is 51.9 Å². The molecule has 0 saturated carbocycles. The number of hydrogen-bond acceptors (Lipinski definition) is 8. The van der Waals surface area contributed by atoms with E-state index in [-0.39, 0.29) is 12.1 Å². The summed E-state index contributed by atoms with van der Waals surface area (Å²) in [6, 6.07) is 4.21. The maximum Gasteiger partial charge on any atom is 0.222 e. The zero-order chi connectivity index (χ0) is 20.2. The molecule has 0 radical (unpaired) electrons. The molecule has 9 nitrogen and oxygen atoms in total. The van der Waals surface area contributed by atoms with Gasteiger partial charge in [0.05, 0.1) is 24.6 Å². The molecule has 1 unspecified atom stereocenters. The molecule has 5 N–H and O–H groups in total. The summed E-state index contributed by atoms with van der Waals surface area (Å²) in [6.45, 7) is 5.95. The Kier molecular flexibility index (Phi) is 5.86. The first-order chi connectivity index (χ1) is 14.1. The van der Waals surface area contributed by atoms with Crippen molar-refractivity contribution in [1.82, 2.24) is 29.6 Å². The first kappa shape index (κ1) is 19.5. The van der Waals surface area contributed by atoms with E-state index in [9.17, 15) is 0 Å². The SMILES string of the molecule is CCCC(N)Nc1nc(N)nc2cnn(Cc3ccc(CN4CCCC4)cn3)c12. The molecule has 154 valence electrons. The van der Waals surface area contributed by atoms with Crippen LogP contribution in [-0.2, 0) is 13.1 Å². The first-order valence-corrected chi connectivity index (χ1v) is 10.3. The molecule has 1 fully saturated rings. The van der Waals surface area contributed by atoms with Gasteiger partial charge in [0, 0.05) is 12.7 Å². The number of rotatable bonds is 8. The van der Waals surface area contributed by atoms with E-state index < -0.39 is 0 Å². The number of aromatic nitrogens is 5. The normalized spacial score (nSPS) is 15.8. The van der Waals surface area contributed by atoms with Crippen molar-refractivity contribution in [3.8, 4) is 0 Å². The van der Waals surface area contributed by atoms with Crippen LogP contribution in [0.4, 0.5) is 11.8 Å². The van der Waals surface area contributed by atoms with Crippen molar-refractivity contribution >= 4 is 22.8 Å². The average molecular weight is 396 g/mol. The van der Waals surface area contributed by atoms with E-state index in [1.807, 2.05) is 10.9 Å². The standard InChI is InChI=1S/C20H29N9/c1-2-5-17(21)26-19-18-16(25-20(22)27-19)11-24-29(18)13-15-7-6-14(10-23-15)12-28-8-3-4-9-28/h6-7,10-11,17H,2-5,8-9,12-13,21H2,1H3,(H3,22,25,26,27). The summed E-state index contributed by atoms with van der Waals surface area (Å²) in [5.74, 6) is 0.809. The molecule has 4 heterocycles. The fraction of sp³-hybridized carbons (Fsp3) is 0.500. The maximum atomic E-state index is 6.15. The minimum absolute atomic E-state index is 0.202. The van der Waals surface area contributed by atoms with Crippen LogP contribution in [0.25, 0.3) is 11.0 Å². The summed E-state index contributed by atoms with van der Waals surface area (Å²) in [4.78, 5) is 15.8. The topological polar surface area (TPSA) is 124 Å². The van der Waals surface area contributed by atoms with E-state index in [0.29, 0.717) is 17.9 Å². The van der Waals surface area contributed by atoms with E-state index >= 15 is 0 Å². The smallest absolute Gasteiger partial charge is 0.222 e. The molecule has 3 aromatic heterocycles. The lowest BCUT2D eigenvalue weighted by molar-refractivity contribution is 0.331. The third-order valence-corrected chi connectivity index (χ3v) is 5.23. The van der Waals surface area contributed by atoms with Gasteiger partial charge in [-0.25, -0.2) is 4.98 Å². The van der Waals surface area contributed by atoms with Crippen LogP contribution in [0.3, 0.4) is 0 Å². The summed E-state index contributed by atoms with van der Waals surface area (Å²) in [6.07, 6.45) is 7.86. The Morgan fingerprint density at radius 1 is 1.14 bits per heavy atom. The fourth-order valence-corrected chi connectivity index (χ4v) is 3.79. The summed E-state index contributed by atoms with van der Waals surface area (Å²) in [7, 11) is 0. The zero-order valence-electron chi connectivity index (χ0n) is 16.9. The molecule has 0 spiro atoms. The molecule has 9 heteroatoms. The minimum atomic E-state index is -0.205. The van der Waals surface area contributed by atoms with Crippen molar-refractivity contribution in [1.29, 1.82) is 0 Å². The Balaban J connectivity index is 1.54. The molecule has 29 heavy (non-hydrogen) atoms. The lowest BCUT2D eigenvalue weighted by atomic mass is 10.2. The van der Waals surface area contributed by atoms with E-state index in [0.717, 1.165) is 30.6 Å². The van der Waals surface area contributed by atoms with Gasteiger partial charge < -0.3 is 16.8 Å². The molecule has 0 bridgehead atoms. The Morgan fingerprint density at radius 2 is 1.97 bits per heavy atom. The summed E-state index contributed by atoms with van der Waals surface area (Å²) >= 11 is 0. The third-order valence-electron chi connectivity index (χ3n) is 5.23. The van der Waals surface area contributed by atoms with Gasteiger partial charge in [-0.3, -0.25) is 14.6 Å². The maximum absolute atomic E-state index is 6.15. The van der Waals surface area contributed by atoms with Crippen molar-refractivity contribution in [3.05, 3.63) is 35.8 Å². The van der Waals surface area contributed by atoms with Gasteiger partial charge in [0.15, 0.2) is 5.82 Å². The van der Waals surface area contributed by atoms with Crippen molar-refractivity contribution < 1.29 is 0 Å². The number of nitrogens with zero attached hydrogens (tertiary/aromatic N) is 6. The monoisotopic (exact) mass is 395 g/mol. The van der Waals surface area contributed by atoms with Gasteiger partial charge in [-0.05, 0) is 44.0 Å². The molecule has 0 amide bonds. The van der Waals surface area contributed by atoms with E-state index in [1.54, 1.807) is 6.20 Å². The van der Waals surface area contributed by atoms with Gasteiger partial charge in [0.25, 0.3) is 0 Å². The molecular formula is C20H29N9. The van der Waals surface area contributed by atoms with Crippen molar-refractivity contribution in [2.24, 2.45) is 5.73 Å². The second-order valence-electron chi connectivity index (χ2n) is 7.65. The third kappa shape index (κ3) is 4.63. The Bertz CT molecular complexity index is 944. The van der Waals surface area contributed by atoms with Gasteiger partial charge in [0.2, 0.25) is 5.95 Å². The number of nitrogen functional groups attached to an aromatic ring is 1. The molecule has 0 aliphatic carbocycles. The molecule has 1 aliphatic heterocycles. The molecule has 1 aliphatic rings. The van der Waals surface area contributed by atoms with Gasteiger partial charge >= 0.3 is 0 Å². The van der Waals surface area contributed by atoms with Gasteiger partial charge in [-0.1, -0.05) is 19.4 Å². The summed E-state index contributed by atoms with van der Waals surface area (Å²) in [5, 5.41) is 7.73. The van der Waals surface area contributed by atoms with Crippen LogP contribution in [0.5, 0.6) is 0 Å². The number of likely N-dealkylation sites (tertiary alicyclic amines) is 1. The minimum Gasteiger partial charge on any atom is -0.368 e. The summed E-state index contributed by atoms with van der Waals surface area (Å²) < 4.78 is 1.85. The Morgan fingerprint density at radius 3 is 2.69 bits per heavy atom. The average Bonchev–Trinajstić information content (AvgIpc) is 3.33. The van der Waals surface area contributed by atoms with Gasteiger partial charge in [0.1, 0.15) is 11.0 Å². The second kappa shape index (κ2) is 8.71. The number of nitrogens with two attached hydrogens (primary N) is 2. The molecule has 0 aromatic carbocycles. The number of fused-ring (bicyclic) bond motifs is 1. The van der Waals surface area contributed by atoms with Crippen LogP contribution < -0.4 is 16.8 Å². The van der Waals surface area contributed by atoms with Crippen LogP contribution in [0.15, 0.2) is 24.5 Å². The van der Waals surface area contributed by atoms with Crippen LogP contribution in [0.1, 0.15) is 43.9 Å². The predicted molar refractivity (Wildman–Crippen MR) is 114 cm³/mol. The molecule has 1 saturated heterocycles. The molecule has 1 atom stereocenters. The number of pyridine rings is 1. The quantitative estimate of drug-likeness (QED) is 0.494. The van der Waals surface area contributed by atoms with Crippen molar-refractivity contribution in [2.75, 3.05) is 24.1 Å². The number of hydrogen-bond donors (Lipinski definition) is 3. The van der Waals surface area contributed by atoms with Crippen LogP contribution >= 0.6 is 0 Å². The van der Waals surface area contributed by atoms with Crippen molar-refractivity contribution in [3.63, 3.8) is 0 Å². The second-order valence-corrected chi connectivity index (χ2v) is 7.65. The van der Waals surface area contributed by atoms with Crippen LogP contribution in [0, 0.1) is 0 Å². The Labute approximate surface area is 170 Å². The van der Waals surface area contributed by atoms with E-state index in [2.05, 4.69) is 49.3 Å². The highest BCUT2D eigenvalue weighted by Gasteiger charge is 2.16. The lowest BCUT2D eigenvalue weighted by Gasteiger charge is -2.16. The zero-order valence-corrected chi connectivity index (χ0v) is 16.9. The van der Waals surface area contributed by atoms with Gasteiger partial charge in [-0.2, -0.15) is 10.1 Å². The highest BCUT2D eigenvalue weighted by molar-refractivity contribution is 5.86. The highest BCUT2D eigenvalue weighted by atomic mass is 15.3. The summed E-state index contributed by atoms with van der Waals surface area (Å²) in [5.41, 5.74) is 15.7.